The highest BCUT2D eigenvalue weighted by Gasteiger charge is 2.36. The number of aromatic amines is 1. The van der Waals surface area contributed by atoms with Gasteiger partial charge in [-0.05, 0) is 25.7 Å². The number of halogens is 1. The Morgan fingerprint density at radius 1 is 1.24 bits per heavy atom. The number of hydrogen-bond donors (Lipinski definition) is 1. The van der Waals surface area contributed by atoms with Crippen LogP contribution in [0.2, 0.25) is 0 Å². The summed E-state index contributed by atoms with van der Waals surface area (Å²) in [6.07, 6.45) is 6.59. The van der Waals surface area contributed by atoms with Crippen molar-refractivity contribution in [3.8, 4) is 0 Å². The van der Waals surface area contributed by atoms with Crippen molar-refractivity contribution < 1.29 is 18.7 Å². The van der Waals surface area contributed by atoms with E-state index in [0.29, 0.717) is 13.1 Å². The number of nitrogens with one attached hydrogen (secondary N) is 1. The van der Waals surface area contributed by atoms with E-state index < -0.39 is 17.3 Å². The van der Waals surface area contributed by atoms with Gasteiger partial charge in [0.1, 0.15) is 6.17 Å². The van der Waals surface area contributed by atoms with E-state index in [-0.39, 0.29) is 49.1 Å². The normalized spacial score (nSPS) is 21.6. The fraction of sp³-hybridized carbons (Fsp3) is 0.636. The number of carbonyl (C=O) groups is 2. The topological polar surface area (TPSA) is 132 Å². The Morgan fingerprint density at radius 2 is 1.97 bits per heavy atom. The number of amides is 1. The first-order chi connectivity index (χ1) is 16.4. The van der Waals surface area contributed by atoms with E-state index in [2.05, 4.69) is 15.3 Å². The largest absolute Gasteiger partial charge is 0.469 e. The maximum atomic E-state index is 14.8. The maximum Gasteiger partial charge on any atom is 0.316 e. The third-order valence-electron chi connectivity index (χ3n) is 6.86. The molecule has 1 atom stereocenters. The second-order valence-corrected chi connectivity index (χ2v) is 9.05. The first-order valence-electron chi connectivity index (χ1n) is 11.5. The maximum absolute atomic E-state index is 14.8. The predicted octanol–water partition coefficient (Wildman–Crippen LogP) is 0.462. The molecule has 1 saturated heterocycles. The lowest BCUT2D eigenvalue weighted by Crippen LogP contribution is -2.54. The number of methoxy groups -OCH3 is 1. The molecule has 1 amide bonds. The van der Waals surface area contributed by atoms with E-state index in [4.69, 9.17) is 4.74 Å². The summed E-state index contributed by atoms with van der Waals surface area (Å²) in [4.78, 5) is 50.9. The van der Waals surface area contributed by atoms with Gasteiger partial charge >= 0.3 is 17.1 Å². The van der Waals surface area contributed by atoms with Gasteiger partial charge in [0.25, 0.3) is 0 Å². The average molecular weight is 477 g/mol. The molecule has 1 unspecified atom stereocenters. The highest BCUT2D eigenvalue weighted by atomic mass is 19.1. The number of aryl methyl sites for hydroxylation is 1. The molecule has 0 aromatic carbocycles. The molecule has 3 heterocycles. The van der Waals surface area contributed by atoms with Crippen molar-refractivity contribution in [2.45, 2.75) is 57.3 Å². The second-order valence-electron chi connectivity index (χ2n) is 9.05. The van der Waals surface area contributed by atoms with Gasteiger partial charge < -0.3 is 19.2 Å². The summed E-state index contributed by atoms with van der Waals surface area (Å²) < 4.78 is 22.3. The molecule has 2 aliphatic rings. The van der Waals surface area contributed by atoms with Crippen molar-refractivity contribution in [2.75, 3.05) is 20.2 Å². The molecule has 11 nitrogen and oxygen atoms in total. The number of rotatable bonds is 8. The van der Waals surface area contributed by atoms with E-state index >= 15 is 0 Å². The van der Waals surface area contributed by atoms with Crippen LogP contribution < -0.4 is 11.1 Å². The van der Waals surface area contributed by atoms with Crippen LogP contribution in [-0.2, 0) is 27.4 Å². The van der Waals surface area contributed by atoms with Crippen LogP contribution in [0.25, 0.3) is 0 Å². The number of esters is 1. The summed E-state index contributed by atoms with van der Waals surface area (Å²) in [7, 11) is 1.40. The van der Waals surface area contributed by atoms with Crippen molar-refractivity contribution in [3.63, 3.8) is 0 Å². The summed E-state index contributed by atoms with van der Waals surface area (Å²) in [5.41, 5.74) is -0.621. The molecule has 2 aromatic heterocycles. The van der Waals surface area contributed by atoms with E-state index in [1.807, 2.05) is 0 Å². The molecule has 1 saturated carbocycles. The monoisotopic (exact) mass is 476 g/mol. The van der Waals surface area contributed by atoms with E-state index in [1.54, 1.807) is 11.1 Å². The number of alkyl halides is 1. The molecule has 34 heavy (non-hydrogen) atoms. The van der Waals surface area contributed by atoms with Crippen molar-refractivity contribution in [1.29, 1.82) is 0 Å². The van der Waals surface area contributed by atoms with Crippen LogP contribution in [0, 0.1) is 11.8 Å². The number of likely N-dealkylation sites (tertiary alicyclic amines) is 1. The number of nitrogens with zero attached hydrogens (tertiary/aromatic N) is 5. The van der Waals surface area contributed by atoms with E-state index in [0.717, 1.165) is 31.4 Å². The van der Waals surface area contributed by atoms with Crippen LogP contribution in [0.5, 0.6) is 0 Å². The Bertz CT molecular complexity index is 1130. The van der Waals surface area contributed by atoms with Crippen molar-refractivity contribution >= 4 is 11.9 Å². The average Bonchev–Trinajstić information content (AvgIpc) is 3.27. The zero-order valence-corrected chi connectivity index (χ0v) is 19.1. The van der Waals surface area contributed by atoms with Gasteiger partial charge in [-0.3, -0.25) is 19.2 Å². The number of H-pyrrole nitrogens is 1. The number of hydrogen-bond acceptors (Lipinski definition) is 7. The lowest BCUT2D eigenvalue weighted by atomic mass is 9.81. The molecule has 184 valence electrons. The predicted molar refractivity (Wildman–Crippen MR) is 118 cm³/mol. The Hall–Kier alpha value is -3.31. The Kier molecular flexibility index (Phi) is 7.23. The molecule has 1 aliphatic heterocycles. The minimum absolute atomic E-state index is 0.0629. The lowest BCUT2D eigenvalue weighted by Gasteiger charge is -2.40. The highest BCUT2D eigenvalue weighted by Crippen LogP contribution is 2.35. The van der Waals surface area contributed by atoms with Gasteiger partial charge in [0, 0.05) is 56.5 Å². The van der Waals surface area contributed by atoms with Crippen molar-refractivity contribution in [1.82, 2.24) is 29.4 Å². The van der Waals surface area contributed by atoms with Crippen LogP contribution in [0.15, 0.2) is 28.2 Å². The van der Waals surface area contributed by atoms with E-state index in [1.165, 1.54) is 28.8 Å². The molecule has 0 bridgehead atoms. The number of ether oxygens (including phenoxy) is 1. The van der Waals surface area contributed by atoms with Crippen LogP contribution in [0.3, 0.4) is 0 Å². The van der Waals surface area contributed by atoms with Crippen molar-refractivity contribution in [2.24, 2.45) is 11.8 Å². The van der Waals surface area contributed by atoms with Crippen molar-refractivity contribution in [3.05, 3.63) is 45.0 Å². The lowest BCUT2D eigenvalue weighted by molar-refractivity contribution is -0.146. The van der Waals surface area contributed by atoms with Gasteiger partial charge in [0.05, 0.1) is 25.3 Å². The second kappa shape index (κ2) is 10.3. The summed E-state index contributed by atoms with van der Waals surface area (Å²) in [6, 6.07) is 0. The minimum atomic E-state index is -1.16. The van der Waals surface area contributed by atoms with Crippen LogP contribution in [0.1, 0.15) is 43.7 Å². The first kappa shape index (κ1) is 23.8. The quantitative estimate of drug-likeness (QED) is 0.432. The van der Waals surface area contributed by atoms with Crippen LogP contribution in [0.4, 0.5) is 4.39 Å². The van der Waals surface area contributed by atoms with Crippen LogP contribution >= 0.6 is 0 Å². The Morgan fingerprint density at radius 3 is 2.68 bits per heavy atom. The summed E-state index contributed by atoms with van der Waals surface area (Å²) in [6.45, 7) is 0.789. The molecule has 1 N–H and O–H groups in total. The Labute approximate surface area is 194 Å². The fourth-order valence-corrected chi connectivity index (χ4v) is 4.67. The smallest absolute Gasteiger partial charge is 0.316 e. The van der Waals surface area contributed by atoms with Gasteiger partial charge in [-0.15, -0.1) is 5.10 Å². The Balaban J connectivity index is 1.20. The zero-order chi connectivity index (χ0) is 24.2. The molecular formula is C22H29FN6O5. The molecule has 2 fully saturated rings. The van der Waals surface area contributed by atoms with E-state index in [9.17, 15) is 23.6 Å². The fourth-order valence-electron chi connectivity index (χ4n) is 4.67. The molecule has 1 aliphatic carbocycles. The van der Waals surface area contributed by atoms with Gasteiger partial charge in [0.2, 0.25) is 5.91 Å². The summed E-state index contributed by atoms with van der Waals surface area (Å²) in [5, 5.41) is 8.28. The molecule has 4 rings (SSSR count). The first-order valence-corrected chi connectivity index (χ1v) is 11.5. The van der Waals surface area contributed by atoms with Gasteiger partial charge in [-0.25, -0.2) is 9.07 Å². The summed E-state index contributed by atoms with van der Waals surface area (Å²) in [5.74, 6) is -0.487. The molecule has 0 spiro atoms. The standard InChI is InChI=1S/C22H29FN6O5/c1-34-22(33)15-4-2-14(3-5-15)18-13-29(26-25-18)12-17(23)16-10-28(11-16)19(30)6-8-27-9-7-24-20(31)21(27)32/h7,9,13-17H,2-6,8,10-12H2,1H3,(H,24,31). The SMILES string of the molecule is COC(=O)C1CCC(c2cn(CC(F)C3CN(C(=O)CCn4cc[nH]c(=O)c4=O)C3)nn2)CC1. The minimum Gasteiger partial charge on any atom is -0.469 e. The summed E-state index contributed by atoms with van der Waals surface area (Å²) >= 11 is 0. The third kappa shape index (κ3) is 5.26. The van der Waals surface area contributed by atoms with Gasteiger partial charge in [-0.1, -0.05) is 5.21 Å². The van der Waals surface area contributed by atoms with Gasteiger partial charge in [-0.2, -0.15) is 0 Å². The zero-order valence-electron chi connectivity index (χ0n) is 19.1. The molecular weight excluding hydrogens is 447 g/mol. The number of carbonyl (C=O) groups excluding carboxylic acids is 2. The van der Waals surface area contributed by atoms with Crippen LogP contribution in [-0.4, -0.2) is 67.7 Å². The van der Waals surface area contributed by atoms with Gasteiger partial charge in [0.15, 0.2) is 0 Å². The third-order valence-corrected chi connectivity index (χ3v) is 6.86. The highest BCUT2D eigenvalue weighted by molar-refractivity contribution is 5.77. The number of aromatic nitrogens is 5. The molecule has 2 aromatic rings. The molecule has 12 heteroatoms. The molecule has 0 radical (unpaired) electrons.